The fraction of sp³-hybridized carbons (Fsp3) is 0.439. The average molecular weight is 751 g/mol. The number of aromatic nitrogens is 4. The van der Waals surface area contributed by atoms with E-state index >= 15 is 0 Å². The van der Waals surface area contributed by atoms with Gasteiger partial charge in [-0.1, -0.05) is 30.3 Å². The van der Waals surface area contributed by atoms with Crippen molar-refractivity contribution in [3.63, 3.8) is 0 Å². The van der Waals surface area contributed by atoms with Gasteiger partial charge in [-0.15, -0.1) is 5.10 Å². The molecular formula is C41H50N8O6. The largest absolute Gasteiger partial charge is 0.444 e. The number of hydrogen-bond donors (Lipinski definition) is 4. The lowest BCUT2D eigenvalue weighted by Crippen LogP contribution is -2.48. The second-order valence-corrected chi connectivity index (χ2v) is 15.3. The van der Waals surface area contributed by atoms with Gasteiger partial charge in [-0.25, -0.2) is 9.89 Å². The molecule has 4 aromatic rings. The molecule has 1 aromatic heterocycles. The minimum atomic E-state index is -0.873. The number of benzene rings is 3. The monoisotopic (exact) mass is 750 g/mol. The smallest absolute Gasteiger partial charge is 0.407 e. The van der Waals surface area contributed by atoms with Crippen LogP contribution in [0, 0.1) is 18.8 Å². The van der Waals surface area contributed by atoms with Gasteiger partial charge in [0.2, 0.25) is 11.8 Å². The third-order valence-corrected chi connectivity index (χ3v) is 10.0. The molecule has 2 fully saturated rings. The van der Waals surface area contributed by atoms with Gasteiger partial charge in [0.05, 0.1) is 13.2 Å². The molecule has 0 unspecified atom stereocenters. The van der Waals surface area contributed by atoms with Gasteiger partial charge in [-0.3, -0.25) is 14.4 Å². The molecule has 2 heterocycles. The Balaban J connectivity index is 1.16. The normalized spacial score (nSPS) is 17.9. The third kappa shape index (κ3) is 10.7. The summed E-state index contributed by atoms with van der Waals surface area (Å²) in [4.78, 5) is 55.0. The molecule has 0 radical (unpaired) electrons. The summed E-state index contributed by atoms with van der Waals surface area (Å²) in [6.07, 6.45) is 2.63. The molecule has 0 spiro atoms. The molecule has 0 bridgehead atoms. The first-order chi connectivity index (χ1) is 26.4. The molecule has 290 valence electrons. The molecular weight excluding hydrogens is 701 g/mol. The number of rotatable bonds is 11. The van der Waals surface area contributed by atoms with Crippen molar-refractivity contribution < 1.29 is 28.7 Å². The number of carbonyl (C=O) groups excluding carboxylic acids is 4. The number of tetrazole rings is 1. The van der Waals surface area contributed by atoms with Crippen molar-refractivity contribution in [1.29, 1.82) is 0 Å². The number of amides is 4. The lowest BCUT2D eigenvalue weighted by atomic mass is 9.81. The van der Waals surface area contributed by atoms with Gasteiger partial charge in [0, 0.05) is 48.8 Å². The van der Waals surface area contributed by atoms with Crippen molar-refractivity contribution >= 4 is 29.5 Å². The first-order valence-electron chi connectivity index (χ1n) is 18.9. The summed E-state index contributed by atoms with van der Waals surface area (Å²) in [7, 11) is 0. The van der Waals surface area contributed by atoms with Gasteiger partial charge in [0.1, 0.15) is 11.6 Å². The van der Waals surface area contributed by atoms with Crippen LogP contribution < -0.4 is 16.0 Å². The molecule has 2 aliphatic rings. The molecule has 4 amide bonds. The van der Waals surface area contributed by atoms with Crippen LogP contribution in [0.25, 0.3) is 22.5 Å². The van der Waals surface area contributed by atoms with Crippen molar-refractivity contribution in [1.82, 2.24) is 36.2 Å². The van der Waals surface area contributed by atoms with Crippen LogP contribution in [0.4, 0.5) is 10.5 Å². The zero-order chi connectivity index (χ0) is 39.0. The maximum absolute atomic E-state index is 14.0. The number of nitrogens with one attached hydrogen (secondary N) is 4. The van der Waals surface area contributed by atoms with E-state index in [4.69, 9.17) is 9.47 Å². The molecule has 1 atom stereocenters. The summed E-state index contributed by atoms with van der Waals surface area (Å²) in [5.74, 6) is -0.0727. The van der Waals surface area contributed by atoms with Crippen LogP contribution >= 0.6 is 0 Å². The van der Waals surface area contributed by atoms with Crippen molar-refractivity contribution in [3.05, 3.63) is 83.4 Å². The third-order valence-electron chi connectivity index (χ3n) is 10.0. The van der Waals surface area contributed by atoms with E-state index in [0.717, 1.165) is 40.7 Å². The molecule has 1 aliphatic heterocycles. The highest BCUT2D eigenvalue weighted by atomic mass is 16.6. The molecule has 1 aliphatic carbocycles. The van der Waals surface area contributed by atoms with Crippen molar-refractivity contribution in [3.8, 4) is 22.5 Å². The van der Waals surface area contributed by atoms with E-state index in [0.29, 0.717) is 62.8 Å². The van der Waals surface area contributed by atoms with E-state index < -0.39 is 17.7 Å². The Morgan fingerprint density at radius 1 is 0.945 bits per heavy atom. The quantitative estimate of drug-likeness (QED) is 0.158. The number of hydrogen-bond acceptors (Lipinski definition) is 9. The van der Waals surface area contributed by atoms with E-state index in [1.807, 2.05) is 75.1 Å². The van der Waals surface area contributed by atoms with Gasteiger partial charge >= 0.3 is 6.09 Å². The Hall–Kier alpha value is -5.63. The summed E-state index contributed by atoms with van der Waals surface area (Å²) in [5.41, 5.74) is 5.06. The Morgan fingerprint density at radius 2 is 1.69 bits per heavy atom. The van der Waals surface area contributed by atoms with Gasteiger partial charge < -0.3 is 30.3 Å². The van der Waals surface area contributed by atoms with Crippen molar-refractivity contribution in [2.45, 2.75) is 71.4 Å². The zero-order valence-corrected chi connectivity index (χ0v) is 31.9. The number of anilines is 1. The highest BCUT2D eigenvalue weighted by molar-refractivity contribution is 5.98. The SMILES string of the molecule is Cc1ccc(C[C@H](NC(=O)C2CCC(CNC(=O)OC(C)(C)C)CC2)C(=O)Nc2ccc(-c3nnn[nH]3)cc2)cc1-c1cccc(C(=O)N2CCOCC2)c1. The van der Waals surface area contributed by atoms with E-state index in [2.05, 4.69) is 36.6 Å². The average Bonchev–Trinajstić information content (AvgIpc) is 3.73. The minimum absolute atomic E-state index is 0.0303. The minimum Gasteiger partial charge on any atom is -0.444 e. The molecule has 3 aromatic carbocycles. The topological polar surface area (TPSA) is 181 Å². The van der Waals surface area contributed by atoms with Crippen LogP contribution in [0.1, 0.15) is 67.9 Å². The molecule has 1 saturated carbocycles. The highest BCUT2D eigenvalue weighted by Gasteiger charge is 2.30. The molecule has 55 heavy (non-hydrogen) atoms. The maximum Gasteiger partial charge on any atom is 0.407 e. The molecule has 1 saturated heterocycles. The maximum atomic E-state index is 14.0. The Labute approximate surface area is 321 Å². The lowest BCUT2D eigenvalue weighted by molar-refractivity contribution is -0.130. The Bertz CT molecular complexity index is 1950. The Kier molecular flexibility index (Phi) is 12.6. The van der Waals surface area contributed by atoms with E-state index in [9.17, 15) is 19.2 Å². The number of alkyl carbamates (subject to hydrolysis) is 1. The van der Waals surface area contributed by atoms with E-state index in [1.54, 1.807) is 24.3 Å². The Morgan fingerprint density at radius 3 is 2.38 bits per heavy atom. The lowest BCUT2D eigenvalue weighted by Gasteiger charge is -2.29. The summed E-state index contributed by atoms with van der Waals surface area (Å²) >= 11 is 0. The number of nitrogens with zero attached hydrogens (tertiary/aromatic N) is 4. The second-order valence-electron chi connectivity index (χ2n) is 15.3. The van der Waals surface area contributed by atoms with Crippen LogP contribution in [0.5, 0.6) is 0 Å². The summed E-state index contributed by atoms with van der Waals surface area (Å²) in [6, 6.07) is 19.8. The van der Waals surface area contributed by atoms with E-state index in [1.165, 1.54) is 0 Å². The first-order valence-corrected chi connectivity index (χ1v) is 18.9. The molecule has 14 heteroatoms. The number of ether oxygens (including phenoxy) is 2. The van der Waals surface area contributed by atoms with Crippen LogP contribution in [-0.2, 0) is 25.5 Å². The number of aromatic amines is 1. The number of morpholine rings is 1. The molecule has 6 rings (SSSR count). The first kappa shape index (κ1) is 39.1. The van der Waals surface area contributed by atoms with Gasteiger partial charge in [-0.05, 0) is 128 Å². The number of aryl methyl sites for hydroxylation is 1. The van der Waals surface area contributed by atoms with Crippen LogP contribution in [0.15, 0.2) is 66.7 Å². The predicted molar refractivity (Wildman–Crippen MR) is 207 cm³/mol. The number of carbonyl (C=O) groups is 4. The summed E-state index contributed by atoms with van der Waals surface area (Å²) in [5, 5.41) is 22.8. The fourth-order valence-electron chi connectivity index (χ4n) is 7.00. The van der Waals surface area contributed by atoms with E-state index in [-0.39, 0.29) is 36.0 Å². The van der Waals surface area contributed by atoms with Gasteiger partial charge in [0.15, 0.2) is 5.82 Å². The second kappa shape index (κ2) is 17.7. The predicted octanol–water partition coefficient (Wildman–Crippen LogP) is 5.31. The molecule has 4 N–H and O–H groups in total. The van der Waals surface area contributed by atoms with Gasteiger partial charge in [-0.2, -0.15) is 0 Å². The summed E-state index contributed by atoms with van der Waals surface area (Å²) < 4.78 is 10.8. The van der Waals surface area contributed by atoms with Crippen molar-refractivity contribution in [2.75, 3.05) is 38.2 Å². The van der Waals surface area contributed by atoms with Crippen LogP contribution in [0.3, 0.4) is 0 Å². The van der Waals surface area contributed by atoms with Crippen LogP contribution in [-0.4, -0.2) is 93.8 Å². The summed E-state index contributed by atoms with van der Waals surface area (Å²) in [6.45, 7) is 10.1. The van der Waals surface area contributed by atoms with Crippen molar-refractivity contribution in [2.24, 2.45) is 11.8 Å². The highest BCUT2D eigenvalue weighted by Crippen LogP contribution is 2.30. The zero-order valence-electron chi connectivity index (χ0n) is 31.9. The fourth-order valence-corrected chi connectivity index (χ4v) is 7.00. The standard InChI is InChI=1S/C41H50N8O6/c1-26-8-9-28(22-34(26)31-6-5-7-32(24-31)39(52)49-18-20-54-21-19-49)23-35(38(51)43-33-16-14-29(15-17-33)36-45-47-48-46-36)44-37(50)30-12-10-27(11-13-30)25-42-40(53)55-41(2,3)4/h5-9,14-17,22,24,27,30,35H,10-13,18-21,23,25H2,1-4H3,(H,42,53)(H,43,51)(H,44,50)(H,45,46,47,48)/t27?,30?,35-/m0/s1. The number of H-pyrrole nitrogens is 1. The molecule has 14 nitrogen and oxygen atoms in total. The van der Waals surface area contributed by atoms with Gasteiger partial charge in [0.25, 0.3) is 5.91 Å². The van der Waals surface area contributed by atoms with Crippen LogP contribution in [0.2, 0.25) is 0 Å².